The van der Waals surface area contributed by atoms with Crippen LogP contribution < -0.4 is 21.5 Å². The molecule has 14 nitrogen and oxygen atoms in total. The molecule has 3 aromatic carbocycles. The van der Waals surface area contributed by atoms with Gasteiger partial charge in [0.1, 0.15) is 0 Å². The summed E-state index contributed by atoms with van der Waals surface area (Å²) >= 11 is 0. The molecule has 0 spiro atoms. The maximum atomic E-state index is 12.3. The number of nitro benzene ring substituents is 2. The highest BCUT2D eigenvalue weighted by molar-refractivity contribution is 7.92. The van der Waals surface area contributed by atoms with Gasteiger partial charge in [0.2, 0.25) is 10.0 Å². The number of fused-ring (bicyclic) bond motifs is 2. The third kappa shape index (κ3) is 6.01. The summed E-state index contributed by atoms with van der Waals surface area (Å²) in [6.07, 6.45) is 0.241. The molecule has 0 aliphatic rings. The number of nitrogens with one attached hydrogen (secondary N) is 2. The first-order chi connectivity index (χ1) is 18.0. The fraction of sp³-hybridized carbons (Fsp3) is 0.130. The zero-order valence-corrected chi connectivity index (χ0v) is 20.5. The van der Waals surface area contributed by atoms with Gasteiger partial charge in [0.15, 0.2) is 5.96 Å². The number of aromatic nitrogens is 1. The van der Waals surface area contributed by atoms with E-state index in [2.05, 4.69) is 20.0 Å². The van der Waals surface area contributed by atoms with Crippen LogP contribution in [0.15, 0.2) is 65.7 Å². The van der Waals surface area contributed by atoms with Gasteiger partial charge in [-0.2, -0.15) is 0 Å². The number of guanidine groups is 1. The van der Waals surface area contributed by atoms with Gasteiger partial charge in [-0.3, -0.25) is 29.9 Å². The van der Waals surface area contributed by atoms with Gasteiger partial charge in [0.05, 0.1) is 32.3 Å². The summed E-state index contributed by atoms with van der Waals surface area (Å²) in [4.78, 5) is 29.6. The monoisotopic (exact) mass is 538 g/mol. The molecule has 0 aliphatic carbocycles. The average molecular weight is 539 g/mol. The van der Waals surface area contributed by atoms with Crippen LogP contribution in [0.5, 0.6) is 0 Å². The summed E-state index contributed by atoms with van der Waals surface area (Å²) in [6, 6.07) is 14.8. The molecule has 4 aromatic rings. The van der Waals surface area contributed by atoms with Gasteiger partial charge in [-0.15, -0.1) is 0 Å². The number of pyridine rings is 1. The van der Waals surface area contributed by atoms with Gasteiger partial charge in [-0.1, -0.05) is 0 Å². The molecule has 0 fully saturated rings. The minimum absolute atomic E-state index is 0.107. The van der Waals surface area contributed by atoms with Crippen molar-refractivity contribution in [1.82, 2.24) is 4.98 Å². The number of hydrogen-bond acceptors (Lipinski definition) is 9. The minimum Gasteiger partial charge on any atom is -0.370 e. The Morgan fingerprint density at radius 3 is 1.89 bits per heavy atom. The average Bonchev–Trinajstić information content (AvgIpc) is 2.86. The van der Waals surface area contributed by atoms with Crippen molar-refractivity contribution in [3.05, 3.63) is 80.9 Å². The van der Waals surface area contributed by atoms with Crippen LogP contribution in [-0.2, 0) is 10.0 Å². The smallest absolute Gasteiger partial charge is 0.271 e. The molecule has 0 atom stereocenters. The van der Waals surface area contributed by atoms with Crippen LogP contribution >= 0.6 is 0 Å². The number of benzene rings is 3. The maximum absolute atomic E-state index is 12.3. The molecule has 15 heteroatoms. The second kappa shape index (κ2) is 10.5. The quantitative estimate of drug-likeness (QED) is 0.0575. The molecule has 0 aliphatic heterocycles. The molecule has 1 aromatic heterocycles. The van der Waals surface area contributed by atoms with E-state index < -0.39 is 19.9 Å². The molecule has 1 heterocycles. The summed E-state index contributed by atoms with van der Waals surface area (Å²) in [5.41, 5.74) is 12.1. The van der Waals surface area contributed by atoms with Crippen LogP contribution in [0.25, 0.3) is 21.8 Å². The Kier molecular flexibility index (Phi) is 7.20. The molecule has 0 saturated carbocycles. The second-order valence-corrected chi connectivity index (χ2v) is 10.0. The number of nitro groups is 2. The van der Waals surface area contributed by atoms with E-state index in [1.165, 1.54) is 24.3 Å². The van der Waals surface area contributed by atoms with Gasteiger partial charge in [-0.25, -0.2) is 13.4 Å². The van der Waals surface area contributed by atoms with Crippen LogP contribution in [0.2, 0.25) is 0 Å². The zero-order chi connectivity index (χ0) is 27.4. The highest BCUT2D eigenvalue weighted by atomic mass is 32.2. The van der Waals surface area contributed by atoms with Gasteiger partial charge in [-0.05, 0) is 42.8 Å². The standard InChI is InChI=1S/C23H22N8O6S/c24-23(25)26-10-1-11-38(36,37)29-15-4-2-14(3-5-15)27-22-18-8-6-16(30(32)33)12-20(18)28-21-13-17(31(34)35)7-9-19(21)22/h2-9,12-13,29H,1,10-11H2,(H,27,28)(H4,24,25,26). The Morgan fingerprint density at radius 2 is 1.39 bits per heavy atom. The Bertz CT molecular complexity index is 1610. The molecule has 0 unspecified atom stereocenters. The van der Waals surface area contributed by atoms with E-state index in [-0.39, 0.29) is 47.1 Å². The van der Waals surface area contributed by atoms with Crippen molar-refractivity contribution < 1.29 is 18.3 Å². The SMILES string of the molecule is NC(N)=NCCCS(=O)(=O)Nc1ccc(Nc2c3ccc([N+](=O)[O-])cc3nc3cc([N+](=O)[O-])ccc23)cc1. The molecular weight excluding hydrogens is 516 g/mol. The first kappa shape index (κ1) is 26.0. The Labute approximate surface area is 215 Å². The number of non-ortho nitro benzene ring substituents is 2. The Hall–Kier alpha value is -5.05. The zero-order valence-electron chi connectivity index (χ0n) is 19.7. The fourth-order valence-electron chi connectivity index (χ4n) is 3.74. The molecule has 0 saturated heterocycles. The number of nitrogens with zero attached hydrogens (tertiary/aromatic N) is 4. The summed E-state index contributed by atoms with van der Waals surface area (Å²) < 4.78 is 27.1. The van der Waals surface area contributed by atoms with Gasteiger partial charge < -0.3 is 16.8 Å². The number of anilines is 3. The van der Waals surface area contributed by atoms with Crippen LogP contribution in [0.4, 0.5) is 28.4 Å². The number of hydrogen-bond donors (Lipinski definition) is 4. The molecule has 4 rings (SSSR count). The molecule has 6 N–H and O–H groups in total. The second-order valence-electron chi connectivity index (χ2n) is 8.19. The highest BCUT2D eigenvalue weighted by Gasteiger charge is 2.16. The van der Waals surface area contributed by atoms with Crippen molar-refractivity contribution in [2.45, 2.75) is 6.42 Å². The number of sulfonamides is 1. The van der Waals surface area contributed by atoms with Crippen molar-refractivity contribution in [1.29, 1.82) is 0 Å². The predicted octanol–water partition coefficient (Wildman–Crippen LogP) is 3.35. The summed E-state index contributed by atoms with van der Waals surface area (Å²) in [5.74, 6) is -0.276. The van der Waals surface area contributed by atoms with Gasteiger partial charge in [0.25, 0.3) is 11.4 Å². The topological polar surface area (TPSA) is 222 Å². The summed E-state index contributed by atoms with van der Waals surface area (Å²) in [7, 11) is -3.62. The van der Waals surface area contributed by atoms with E-state index in [0.29, 0.717) is 27.8 Å². The fourth-order valence-corrected chi connectivity index (χ4v) is 4.85. The van der Waals surface area contributed by atoms with Crippen molar-refractivity contribution in [3.63, 3.8) is 0 Å². The first-order valence-electron chi connectivity index (χ1n) is 11.1. The van der Waals surface area contributed by atoms with E-state index in [4.69, 9.17) is 11.5 Å². The van der Waals surface area contributed by atoms with Crippen LogP contribution in [0, 0.1) is 20.2 Å². The van der Waals surface area contributed by atoms with Gasteiger partial charge in [0, 0.05) is 53.0 Å². The van der Waals surface area contributed by atoms with Crippen molar-refractivity contribution in [2.24, 2.45) is 16.5 Å². The molecular formula is C23H22N8O6S. The Balaban J connectivity index is 1.64. The first-order valence-corrected chi connectivity index (χ1v) is 12.8. The van der Waals surface area contributed by atoms with Crippen LogP contribution in [-0.4, -0.2) is 41.5 Å². The van der Waals surface area contributed by atoms with E-state index in [0.717, 1.165) is 0 Å². The lowest BCUT2D eigenvalue weighted by Gasteiger charge is -2.14. The largest absolute Gasteiger partial charge is 0.370 e. The minimum atomic E-state index is -3.62. The van der Waals surface area contributed by atoms with E-state index in [9.17, 15) is 28.6 Å². The third-order valence-electron chi connectivity index (χ3n) is 5.46. The van der Waals surface area contributed by atoms with Crippen LogP contribution in [0.3, 0.4) is 0 Å². The lowest BCUT2D eigenvalue weighted by atomic mass is 10.1. The lowest BCUT2D eigenvalue weighted by molar-refractivity contribution is -0.384. The highest BCUT2D eigenvalue weighted by Crippen LogP contribution is 2.36. The van der Waals surface area contributed by atoms with Crippen LogP contribution in [0.1, 0.15) is 6.42 Å². The van der Waals surface area contributed by atoms with E-state index in [1.807, 2.05) is 0 Å². The van der Waals surface area contributed by atoms with Gasteiger partial charge >= 0.3 is 0 Å². The lowest BCUT2D eigenvalue weighted by Crippen LogP contribution is -2.23. The van der Waals surface area contributed by atoms with Crippen molar-refractivity contribution >= 4 is 66.2 Å². The number of aliphatic imine (C=N–C) groups is 1. The van der Waals surface area contributed by atoms with Crippen molar-refractivity contribution in [3.8, 4) is 0 Å². The maximum Gasteiger partial charge on any atom is 0.271 e. The third-order valence-corrected chi connectivity index (χ3v) is 6.83. The normalized spacial score (nSPS) is 11.3. The summed E-state index contributed by atoms with van der Waals surface area (Å²) in [6.45, 7) is 0.187. The summed E-state index contributed by atoms with van der Waals surface area (Å²) in [5, 5.41) is 26.9. The molecule has 196 valence electrons. The molecule has 0 radical (unpaired) electrons. The molecule has 38 heavy (non-hydrogen) atoms. The number of nitrogens with two attached hydrogens (primary N) is 2. The van der Waals surface area contributed by atoms with E-state index >= 15 is 0 Å². The predicted molar refractivity (Wildman–Crippen MR) is 145 cm³/mol. The Morgan fingerprint density at radius 1 is 0.868 bits per heavy atom. The molecule has 0 amide bonds. The molecule has 0 bridgehead atoms. The number of rotatable bonds is 10. The van der Waals surface area contributed by atoms with E-state index in [1.54, 1.807) is 36.4 Å². The van der Waals surface area contributed by atoms with Crippen molar-refractivity contribution in [2.75, 3.05) is 22.3 Å².